The van der Waals surface area contributed by atoms with Crippen molar-refractivity contribution >= 4 is 13.7 Å². The molecule has 0 rings (SSSR count). The Balaban J connectivity index is 4.29. The van der Waals surface area contributed by atoms with Crippen molar-refractivity contribution in [3.05, 3.63) is 109 Å². The van der Waals surface area contributed by atoms with Gasteiger partial charge in [0.25, 0.3) is 0 Å². The molecular formula is C67H120N2O6P+. The van der Waals surface area contributed by atoms with Crippen LogP contribution >= 0.6 is 7.82 Å². The van der Waals surface area contributed by atoms with Gasteiger partial charge in [0, 0.05) is 6.42 Å². The van der Waals surface area contributed by atoms with Crippen molar-refractivity contribution in [3.8, 4) is 0 Å². The summed E-state index contributed by atoms with van der Waals surface area (Å²) in [5.41, 5.74) is 0. The Morgan fingerprint density at radius 2 is 0.803 bits per heavy atom. The fourth-order valence-electron chi connectivity index (χ4n) is 8.63. The maximum atomic E-state index is 13.0. The second kappa shape index (κ2) is 56.9. The number of carbonyl (C=O) groups is 1. The van der Waals surface area contributed by atoms with Crippen molar-refractivity contribution in [1.29, 1.82) is 0 Å². The number of aliphatic hydroxyl groups excluding tert-OH is 1. The lowest BCUT2D eigenvalue weighted by Gasteiger charge is -2.25. The maximum absolute atomic E-state index is 13.0. The van der Waals surface area contributed by atoms with E-state index in [0.29, 0.717) is 23.9 Å². The molecule has 0 radical (unpaired) electrons. The molecule has 0 spiro atoms. The van der Waals surface area contributed by atoms with Gasteiger partial charge < -0.3 is 19.8 Å². The number of hydrogen-bond donors (Lipinski definition) is 3. The van der Waals surface area contributed by atoms with E-state index >= 15 is 0 Å². The molecule has 3 unspecified atom stereocenters. The van der Waals surface area contributed by atoms with Crippen molar-refractivity contribution in [1.82, 2.24) is 5.32 Å². The van der Waals surface area contributed by atoms with Gasteiger partial charge in [-0.05, 0) is 89.9 Å². The Bertz CT molecular complexity index is 1600. The summed E-state index contributed by atoms with van der Waals surface area (Å²) >= 11 is 0. The molecule has 0 saturated carbocycles. The SMILES string of the molecule is CC/C=C\C/C=C\C/C=C\C/C=C\C/C=C\C/C=C\C/C=C\CCCCCC(=O)NC(COP(=O)(O)OCC[N+](C)(C)C)C(O)/C=C/CC/C=C/CCCCCCCCCCCCCCCCCCCCCCCCC. The summed E-state index contributed by atoms with van der Waals surface area (Å²) in [5, 5.41) is 13.9. The Labute approximate surface area is 470 Å². The summed E-state index contributed by atoms with van der Waals surface area (Å²) in [6, 6.07) is -0.891. The summed E-state index contributed by atoms with van der Waals surface area (Å²) < 4.78 is 23.7. The number of phosphoric acid groups is 1. The number of aliphatic hydroxyl groups is 1. The highest BCUT2D eigenvalue weighted by Crippen LogP contribution is 2.43. The van der Waals surface area contributed by atoms with Gasteiger partial charge in [-0.2, -0.15) is 0 Å². The summed E-state index contributed by atoms with van der Waals surface area (Å²) in [5.74, 6) is -0.221. The molecule has 76 heavy (non-hydrogen) atoms. The highest BCUT2D eigenvalue weighted by atomic mass is 31.2. The second-order valence-electron chi connectivity index (χ2n) is 22.0. The van der Waals surface area contributed by atoms with Crippen LogP contribution in [0.3, 0.4) is 0 Å². The number of rotatable bonds is 56. The van der Waals surface area contributed by atoms with Crippen molar-refractivity contribution in [2.24, 2.45) is 0 Å². The lowest BCUT2D eigenvalue weighted by atomic mass is 10.0. The normalized spacial score (nSPS) is 14.6. The topological polar surface area (TPSA) is 105 Å². The van der Waals surface area contributed by atoms with Crippen molar-refractivity contribution in [2.75, 3.05) is 40.9 Å². The van der Waals surface area contributed by atoms with E-state index in [9.17, 15) is 19.4 Å². The third kappa shape index (κ3) is 58.8. The third-order valence-electron chi connectivity index (χ3n) is 13.5. The molecule has 0 heterocycles. The first kappa shape index (κ1) is 73.2. The lowest BCUT2D eigenvalue weighted by molar-refractivity contribution is -0.870. The molecule has 8 nitrogen and oxygen atoms in total. The largest absolute Gasteiger partial charge is 0.472 e. The van der Waals surface area contributed by atoms with Crippen molar-refractivity contribution in [2.45, 2.75) is 270 Å². The zero-order chi connectivity index (χ0) is 55.6. The average molecular weight is 1080 g/mol. The first-order chi connectivity index (χ1) is 37.0. The van der Waals surface area contributed by atoms with Gasteiger partial charge in [0.15, 0.2) is 0 Å². The van der Waals surface area contributed by atoms with E-state index in [-0.39, 0.29) is 19.1 Å². The first-order valence-corrected chi connectivity index (χ1v) is 32.8. The van der Waals surface area contributed by atoms with Gasteiger partial charge in [0.05, 0.1) is 39.9 Å². The number of quaternary nitrogens is 1. The second-order valence-corrected chi connectivity index (χ2v) is 23.5. The standard InChI is InChI=1S/C67H119N2O6P/c1-6-8-10-12-14-16-18-20-22-24-26-28-30-32-33-34-35-37-38-40-42-44-46-48-50-52-54-56-58-60-66(70)65(64-75-76(72,73)74-63-62-69(3,4)5)68-67(71)61-59-57-55-53-51-49-47-45-43-41-39-36-31-29-27-25-23-21-19-17-15-13-11-9-7-2/h9,11,15,17,21,23,27,29,36,39,43,45,49-52,58,60,65-66,70H,6-8,10,12-14,16,18-20,22,24-26,28,30-35,37-38,40-42,44,46-48,53-57,59,61-64H2,1-5H3,(H-,68,71,72,73)/p+1/b11-9-,17-15-,23-21-,29-27-,39-36-,45-43-,51-49-,52-50+,60-58+. The van der Waals surface area contributed by atoms with E-state index in [4.69, 9.17) is 9.05 Å². The molecule has 0 aliphatic rings. The molecule has 0 aromatic heterocycles. The van der Waals surface area contributed by atoms with Gasteiger partial charge in [0.2, 0.25) is 5.91 Å². The number of carbonyl (C=O) groups excluding carboxylic acids is 1. The van der Waals surface area contributed by atoms with Gasteiger partial charge >= 0.3 is 7.82 Å². The molecule has 0 aliphatic heterocycles. The summed E-state index contributed by atoms with van der Waals surface area (Å²) in [6.07, 6.45) is 83.6. The molecule has 0 aromatic rings. The van der Waals surface area contributed by atoms with E-state index in [1.165, 1.54) is 148 Å². The van der Waals surface area contributed by atoms with Crippen molar-refractivity contribution in [3.63, 3.8) is 0 Å². The van der Waals surface area contributed by atoms with Gasteiger partial charge in [-0.1, -0.05) is 271 Å². The summed E-state index contributed by atoms with van der Waals surface area (Å²) in [4.78, 5) is 23.3. The monoisotopic (exact) mass is 1080 g/mol. The molecule has 438 valence electrons. The number of nitrogens with one attached hydrogen (secondary N) is 1. The molecule has 0 saturated heterocycles. The minimum atomic E-state index is -4.38. The zero-order valence-electron chi connectivity index (χ0n) is 50.0. The minimum Gasteiger partial charge on any atom is -0.387 e. The van der Waals surface area contributed by atoms with Gasteiger partial charge in [0.1, 0.15) is 13.2 Å². The number of allylic oxidation sites excluding steroid dienone is 17. The van der Waals surface area contributed by atoms with Crippen LogP contribution in [0.25, 0.3) is 0 Å². The van der Waals surface area contributed by atoms with Crippen LogP contribution in [-0.2, 0) is 18.4 Å². The summed E-state index contributed by atoms with van der Waals surface area (Å²) in [6.45, 7) is 4.66. The van der Waals surface area contributed by atoms with E-state index in [1.54, 1.807) is 6.08 Å². The molecule has 0 aliphatic carbocycles. The smallest absolute Gasteiger partial charge is 0.387 e. The predicted molar refractivity (Wildman–Crippen MR) is 332 cm³/mol. The van der Waals surface area contributed by atoms with E-state index < -0.39 is 20.0 Å². The number of hydrogen-bond acceptors (Lipinski definition) is 5. The Hall–Kier alpha value is -2.84. The average Bonchev–Trinajstić information content (AvgIpc) is 3.38. The summed E-state index contributed by atoms with van der Waals surface area (Å²) in [7, 11) is 1.52. The van der Waals surface area contributed by atoms with Crippen molar-refractivity contribution < 1.29 is 32.9 Å². The number of likely N-dealkylation sites (N-methyl/N-ethyl adjacent to an activating group) is 1. The van der Waals surface area contributed by atoms with E-state index in [0.717, 1.165) is 83.5 Å². The lowest BCUT2D eigenvalue weighted by Crippen LogP contribution is -2.45. The first-order valence-electron chi connectivity index (χ1n) is 31.3. The minimum absolute atomic E-state index is 0.0433. The van der Waals surface area contributed by atoms with Gasteiger partial charge in [-0.3, -0.25) is 13.8 Å². The number of amides is 1. The Morgan fingerprint density at radius 1 is 0.461 bits per heavy atom. The fourth-order valence-corrected chi connectivity index (χ4v) is 9.36. The molecule has 0 aromatic carbocycles. The van der Waals surface area contributed by atoms with Crippen LogP contribution < -0.4 is 5.32 Å². The fraction of sp³-hybridized carbons (Fsp3) is 0.716. The van der Waals surface area contributed by atoms with Gasteiger partial charge in [-0.15, -0.1) is 0 Å². The van der Waals surface area contributed by atoms with Crippen LogP contribution in [0.15, 0.2) is 109 Å². The number of unbranched alkanes of at least 4 members (excludes halogenated alkanes) is 27. The van der Waals surface area contributed by atoms with Crippen LogP contribution in [-0.4, -0.2) is 73.4 Å². The number of nitrogens with zero attached hydrogens (tertiary/aromatic N) is 1. The zero-order valence-corrected chi connectivity index (χ0v) is 50.9. The Kier molecular flexibility index (Phi) is 54.7. The molecular weight excluding hydrogens is 960 g/mol. The molecule has 0 fully saturated rings. The van der Waals surface area contributed by atoms with E-state index in [2.05, 4.69) is 116 Å². The highest BCUT2D eigenvalue weighted by molar-refractivity contribution is 7.47. The maximum Gasteiger partial charge on any atom is 0.472 e. The molecule has 3 N–H and O–H groups in total. The molecule has 9 heteroatoms. The quantitative estimate of drug-likeness (QED) is 0.0243. The highest BCUT2D eigenvalue weighted by Gasteiger charge is 2.27. The molecule has 3 atom stereocenters. The predicted octanol–water partition coefficient (Wildman–Crippen LogP) is 19.5. The molecule has 1 amide bonds. The Morgan fingerprint density at radius 3 is 1.21 bits per heavy atom. The van der Waals surface area contributed by atoms with Gasteiger partial charge in [-0.25, -0.2) is 4.57 Å². The van der Waals surface area contributed by atoms with E-state index in [1.807, 2.05) is 27.2 Å². The van der Waals surface area contributed by atoms with Crippen LogP contribution in [0.2, 0.25) is 0 Å². The van der Waals surface area contributed by atoms with Crippen LogP contribution in [0.5, 0.6) is 0 Å². The third-order valence-corrected chi connectivity index (χ3v) is 14.5. The van der Waals surface area contributed by atoms with Crippen LogP contribution in [0, 0.1) is 0 Å². The number of phosphoric ester groups is 1. The van der Waals surface area contributed by atoms with Crippen LogP contribution in [0.4, 0.5) is 0 Å². The van der Waals surface area contributed by atoms with Crippen LogP contribution in [0.1, 0.15) is 258 Å². The molecule has 0 bridgehead atoms.